The summed E-state index contributed by atoms with van der Waals surface area (Å²) in [6, 6.07) is 18.7. The van der Waals surface area contributed by atoms with Gasteiger partial charge in [0.1, 0.15) is 5.75 Å². The van der Waals surface area contributed by atoms with Crippen molar-refractivity contribution in [2.75, 3.05) is 6.61 Å². The first-order valence-corrected chi connectivity index (χ1v) is 6.54. The van der Waals surface area contributed by atoms with Gasteiger partial charge >= 0.3 is 0 Å². The van der Waals surface area contributed by atoms with Crippen LogP contribution in [0.15, 0.2) is 54.6 Å². The summed E-state index contributed by atoms with van der Waals surface area (Å²) in [6.07, 6.45) is 1.09. The third kappa shape index (κ3) is 3.63. The molecular formula is C17H20O. The van der Waals surface area contributed by atoms with Gasteiger partial charge in [0.25, 0.3) is 0 Å². The summed E-state index contributed by atoms with van der Waals surface area (Å²) in [5, 5.41) is 0. The number of benzene rings is 2. The molecule has 18 heavy (non-hydrogen) atoms. The van der Waals surface area contributed by atoms with E-state index in [1.54, 1.807) is 0 Å². The molecule has 0 saturated carbocycles. The zero-order valence-electron chi connectivity index (χ0n) is 11.1. The molecule has 2 aromatic carbocycles. The summed E-state index contributed by atoms with van der Waals surface area (Å²) >= 11 is 0. The quantitative estimate of drug-likeness (QED) is 0.731. The number of ether oxygens (including phenoxy) is 1. The summed E-state index contributed by atoms with van der Waals surface area (Å²) in [5.41, 5.74) is 2.43. The van der Waals surface area contributed by atoms with Crippen LogP contribution in [0.4, 0.5) is 0 Å². The molecule has 0 unspecified atom stereocenters. The highest BCUT2D eigenvalue weighted by molar-refractivity contribution is 5.64. The van der Waals surface area contributed by atoms with Crippen LogP contribution in [0.1, 0.15) is 20.3 Å². The van der Waals surface area contributed by atoms with Crippen LogP contribution in [0.5, 0.6) is 5.75 Å². The third-order valence-electron chi connectivity index (χ3n) is 2.91. The van der Waals surface area contributed by atoms with E-state index in [0.717, 1.165) is 18.8 Å². The second-order valence-electron chi connectivity index (χ2n) is 4.92. The molecule has 0 bridgehead atoms. The van der Waals surface area contributed by atoms with Crippen LogP contribution in [-0.4, -0.2) is 6.61 Å². The Morgan fingerprint density at radius 1 is 0.889 bits per heavy atom. The van der Waals surface area contributed by atoms with Gasteiger partial charge < -0.3 is 4.74 Å². The molecule has 0 amide bonds. The molecule has 0 spiro atoms. The monoisotopic (exact) mass is 240 g/mol. The molecule has 0 radical (unpaired) electrons. The van der Waals surface area contributed by atoms with Gasteiger partial charge in [-0.3, -0.25) is 0 Å². The molecule has 94 valence electrons. The minimum absolute atomic E-state index is 0.683. The highest BCUT2D eigenvalue weighted by Gasteiger charge is 2.00. The minimum atomic E-state index is 0.683. The molecular weight excluding hydrogens is 220 g/mol. The Hall–Kier alpha value is -1.76. The summed E-state index contributed by atoms with van der Waals surface area (Å²) < 4.78 is 5.78. The molecule has 1 nitrogen and oxygen atoms in total. The van der Waals surface area contributed by atoms with Crippen LogP contribution >= 0.6 is 0 Å². The molecule has 0 N–H and O–H groups in total. The Bertz CT molecular complexity index is 474. The van der Waals surface area contributed by atoms with Gasteiger partial charge in [0.15, 0.2) is 0 Å². The van der Waals surface area contributed by atoms with Gasteiger partial charge in [-0.2, -0.15) is 0 Å². The summed E-state index contributed by atoms with van der Waals surface area (Å²) in [5.74, 6) is 1.64. The third-order valence-corrected chi connectivity index (χ3v) is 2.91. The van der Waals surface area contributed by atoms with Crippen LogP contribution in [0, 0.1) is 5.92 Å². The summed E-state index contributed by atoms with van der Waals surface area (Å²) in [7, 11) is 0. The van der Waals surface area contributed by atoms with E-state index in [0.29, 0.717) is 5.92 Å². The lowest BCUT2D eigenvalue weighted by Gasteiger charge is -2.09. The first-order chi connectivity index (χ1) is 8.75. The lowest BCUT2D eigenvalue weighted by Crippen LogP contribution is -2.01. The smallest absolute Gasteiger partial charge is 0.119 e. The van der Waals surface area contributed by atoms with Crippen LogP contribution < -0.4 is 4.74 Å². The fourth-order valence-corrected chi connectivity index (χ4v) is 1.81. The van der Waals surface area contributed by atoms with Gasteiger partial charge in [0.2, 0.25) is 0 Å². The first kappa shape index (κ1) is 12.7. The molecule has 0 aliphatic heterocycles. The number of rotatable bonds is 5. The van der Waals surface area contributed by atoms with Crippen molar-refractivity contribution < 1.29 is 4.74 Å². The molecule has 0 saturated heterocycles. The van der Waals surface area contributed by atoms with Crippen LogP contribution in [-0.2, 0) is 0 Å². The van der Waals surface area contributed by atoms with E-state index in [4.69, 9.17) is 4.74 Å². The zero-order chi connectivity index (χ0) is 12.8. The molecule has 2 aromatic rings. The summed E-state index contributed by atoms with van der Waals surface area (Å²) in [6.45, 7) is 5.21. The standard InChI is InChI=1S/C17H20O/c1-14(2)11-12-18-17-10-6-9-16(13-17)15-7-4-3-5-8-15/h3-10,13-14H,11-12H2,1-2H3. The maximum Gasteiger partial charge on any atom is 0.119 e. The molecule has 1 heteroatoms. The van der Waals surface area contributed by atoms with Gasteiger partial charge in [-0.15, -0.1) is 0 Å². The van der Waals surface area contributed by atoms with E-state index in [2.05, 4.69) is 50.2 Å². The van der Waals surface area contributed by atoms with Crippen molar-refractivity contribution in [1.82, 2.24) is 0 Å². The van der Waals surface area contributed by atoms with Crippen molar-refractivity contribution in [3.05, 3.63) is 54.6 Å². The Kier molecular flexibility index (Phi) is 4.40. The van der Waals surface area contributed by atoms with Crippen molar-refractivity contribution in [1.29, 1.82) is 0 Å². The predicted octanol–water partition coefficient (Wildman–Crippen LogP) is 4.78. The second kappa shape index (κ2) is 6.25. The molecule has 2 rings (SSSR count). The largest absolute Gasteiger partial charge is 0.494 e. The SMILES string of the molecule is CC(C)CCOc1cccc(-c2ccccc2)c1. The first-order valence-electron chi connectivity index (χ1n) is 6.54. The Labute approximate surface area is 109 Å². The van der Waals surface area contributed by atoms with E-state index >= 15 is 0 Å². The normalized spacial score (nSPS) is 10.6. The molecule has 0 heterocycles. The fraction of sp³-hybridized carbons (Fsp3) is 0.294. The molecule has 0 atom stereocenters. The van der Waals surface area contributed by atoms with E-state index in [1.165, 1.54) is 11.1 Å². The highest BCUT2D eigenvalue weighted by Crippen LogP contribution is 2.23. The average molecular weight is 240 g/mol. The minimum Gasteiger partial charge on any atom is -0.494 e. The lowest BCUT2D eigenvalue weighted by molar-refractivity contribution is 0.289. The number of hydrogen-bond acceptors (Lipinski definition) is 1. The average Bonchev–Trinajstić information content (AvgIpc) is 2.40. The van der Waals surface area contributed by atoms with E-state index in [-0.39, 0.29) is 0 Å². The maximum absolute atomic E-state index is 5.78. The molecule has 0 aliphatic carbocycles. The Morgan fingerprint density at radius 2 is 1.61 bits per heavy atom. The molecule has 0 aromatic heterocycles. The summed E-state index contributed by atoms with van der Waals surface area (Å²) in [4.78, 5) is 0. The molecule has 0 aliphatic rings. The maximum atomic E-state index is 5.78. The van der Waals surface area contributed by atoms with Crippen molar-refractivity contribution in [3.8, 4) is 16.9 Å². The van der Waals surface area contributed by atoms with Gasteiger partial charge in [0.05, 0.1) is 6.61 Å². The van der Waals surface area contributed by atoms with Crippen LogP contribution in [0.25, 0.3) is 11.1 Å². The van der Waals surface area contributed by atoms with Crippen molar-refractivity contribution >= 4 is 0 Å². The van der Waals surface area contributed by atoms with E-state index in [9.17, 15) is 0 Å². The Balaban J connectivity index is 2.06. The van der Waals surface area contributed by atoms with Crippen LogP contribution in [0.2, 0.25) is 0 Å². The molecule has 0 fully saturated rings. The topological polar surface area (TPSA) is 9.23 Å². The zero-order valence-corrected chi connectivity index (χ0v) is 11.1. The van der Waals surface area contributed by atoms with Gasteiger partial charge in [-0.25, -0.2) is 0 Å². The van der Waals surface area contributed by atoms with E-state index in [1.807, 2.05) is 18.2 Å². The lowest BCUT2D eigenvalue weighted by atomic mass is 10.1. The van der Waals surface area contributed by atoms with Crippen molar-refractivity contribution in [2.24, 2.45) is 5.92 Å². The fourth-order valence-electron chi connectivity index (χ4n) is 1.81. The number of hydrogen-bond donors (Lipinski definition) is 0. The highest BCUT2D eigenvalue weighted by atomic mass is 16.5. The van der Waals surface area contributed by atoms with Crippen molar-refractivity contribution in [2.45, 2.75) is 20.3 Å². The Morgan fingerprint density at radius 3 is 2.33 bits per heavy atom. The van der Waals surface area contributed by atoms with Gasteiger partial charge in [0, 0.05) is 0 Å². The van der Waals surface area contributed by atoms with Crippen molar-refractivity contribution in [3.63, 3.8) is 0 Å². The second-order valence-corrected chi connectivity index (χ2v) is 4.92. The van der Waals surface area contributed by atoms with Gasteiger partial charge in [-0.1, -0.05) is 56.3 Å². The van der Waals surface area contributed by atoms with Gasteiger partial charge in [-0.05, 0) is 35.6 Å². The van der Waals surface area contributed by atoms with Crippen LogP contribution in [0.3, 0.4) is 0 Å². The van der Waals surface area contributed by atoms with E-state index < -0.39 is 0 Å². The predicted molar refractivity (Wildman–Crippen MR) is 76.8 cm³/mol.